The Bertz CT molecular complexity index is 59.4. The molecule has 1 fully saturated rings. The molecule has 0 aromatic rings. The van der Waals surface area contributed by atoms with Crippen LogP contribution in [0.25, 0.3) is 0 Å². The Morgan fingerprint density at radius 1 is 1.25 bits per heavy atom. The second kappa shape index (κ2) is 3.02. The van der Waals surface area contributed by atoms with Crippen LogP contribution >= 0.6 is 0 Å². The maximum absolute atomic E-state index is 10.5. The molecule has 1 rings (SSSR count). The van der Waals surface area contributed by atoms with E-state index in [1.54, 1.807) is 0 Å². The van der Waals surface area contributed by atoms with E-state index in [1.807, 2.05) is 0 Å². The first kappa shape index (κ1) is 6.01. The molecule has 0 aromatic heterocycles. The summed E-state index contributed by atoms with van der Waals surface area (Å²) >= 11 is 0. The van der Waals surface area contributed by atoms with Crippen LogP contribution in [0.5, 0.6) is 0 Å². The van der Waals surface area contributed by atoms with Crippen molar-refractivity contribution < 1.29 is 5.21 Å². The molecule has 1 heterocycles. The Morgan fingerprint density at radius 2 is 2.12 bits per heavy atom. The topological polar surface area (TPSA) is 35.2 Å². The molecule has 0 amide bonds. The summed E-state index contributed by atoms with van der Waals surface area (Å²) in [5, 5.41) is 11.4. The molecule has 3 nitrogen and oxygen atoms in total. The molecule has 47 valence electrons. The average molecular weight is 115 g/mol. The lowest BCUT2D eigenvalue weighted by Gasteiger charge is -2.06. The van der Waals surface area contributed by atoms with Crippen molar-refractivity contribution in [3.63, 3.8) is 0 Å². The van der Waals surface area contributed by atoms with E-state index in [9.17, 15) is 5.21 Å². The summed E-state index contributed by atoms with van der Waals surface area (Å²) in [6.45, 7) is 1.50. The maximum Gasteiger partial charge on any atom is 0.0433 e. The quantitative estimate of drug-likeness (QED) is 0.493. The highest BCUT2D eigenvalue weighted by Gasteiger charge is 2.03. The van der Waals surface area contributed by atoms with Gasteiger partial charge in [0.2, 0.25) is 0 Å². The Labute approximate surface area is 49.2 Å². The van der Waals surface area contributed by atoms with Gasteiger partial charge in [0.25, 0.3) is 0 Å². The summed E-state index contributed by atoms with van der Waals surface area (Å²) in [4.78, 5) is 0. The predicted octanol–water partition coefficient (Wildman–Crippen LogP) is 0.322. The molecule has 8 heavy (non-hydrogen) atoms. The number of hydrazine groups is 1. The predicted molar refractivity (Wildman–Crippen MR) is 29.2 cm³/mol. The van der Waals surface area contributed by atoms with Crippen LogP contribution in [0.2, 0.25) is 0 Å². The fourth-order valence-electron chi connectivity index (χ4n) is 0.840. The van der Waals surface area contributed by atoms with Crippen LogP contribution in [0.1, 0.15) is 19.3 Å². The molecule has 3 heteroatoms. The Kier molecular flexibility index (Phi) is 2.27. The molecular weight excluding hydrogens is 104 g/mol. The fourth-order valence-corrected chi connectivity index (χ4v) is 0.840. The molecule has 0 saturated carbocycles. The van der Waals surface area contributed by atoms with Gasteiger partial charge in [-0.15, -0.1) is 5.21 Å². The van der Waals surface area contributed by atoms with Gasteiger partial charge in [-0.1, -0.05) is 11.6 Å². The summed E-state index contributed by atoms with van der Waals surface area (Å²) in [5.41, 5.74) is 2.72. The Morgan fingerprint density at radius 3 is 3.00 bits per heavy atom. The molecule has 1 saturated heterocycles. The monoisotopic (exact) mass is 115 g/mol. The lowest BCUT2D eigenvalue weighted by molar-refractivity contribution is -0.193. The summed E-state index contributed by atoms with van der Waals surface area (Å²) < 4.78 is 0. The number of nitrogens with one attached hydrogen (secondary N) is 1. The SMILES string of the molecule is [O]N1CCCCCN1. The van der Waals surface area contributed by atoms with Crippen LogP contribution in [0, 0.1) is 0 Å². The zero-order valence-corrected chi connectivity index (χ0v) is 4.89. The number of hydrogen-bond acceptors (Lipinski definition) is 2. The Hall–Kier alpha value is -0.120. The second-order valence-electron chi connectivity index (χ2n) is 2.07. The van der Waals surface area contributed by atoms with Crippen molar-refractivity contribution in [2.45, 2.75) is 19.3 Å². The van der Waals surface area contributed by atoms with Gasteiger partial charge in [0.15, 0.2) is 0 Å². The lowest BCUT2D eigenvalue weighted by Crippen LogP contribution is -2.32. The largest absolute Gasteiger partial charge is 0.229 e. The second-order valence-corrected chi connectivity index (χ2v) is 2.07. The minimum absolute atomic E-state index is 0.653. The first-order valence-corrected chi connectivity index (χ1v) is 3.08. The van der Waals surface area contributed by atoms with Crippen molar-refractivity contribution in [3.8, 4) is 0 Å². The van der Waals surface area contributed by atoms with Gasteiger partial charge in [-0.3, -0.25) is 0 Å². The van der Waals surface area contributed by atoms with Crippen LogP contribution in [0.4, 0.5) is 0 Å². The van der Waals surface area contributed by atoms with Gasteiger partial charge in [-0.25, -0.2) is 5.43 Å². The van der Waals surface area contributed by atoms with E-state index in [0.717, 1.165) is 24.6 Å². The zero-order valence-electron chi connectivity index (χ0n) is 4.89. The maximum atomic E-state index is 10.5. The van der Waals surface area contributed by atoms with Gasteiger partial charge in [-0.2, -0.15) is 0 Å². The van der Waals surface area contributed by atoms with Crippen LogP contribution in [0.3, 0.4) is 0 Å². The van der Waals surface area contributed by atoms with E-state index in [4.69, 9.17) is 0 Å². The third kappa shape index (κ3) is 1.78. The molecule has 1 aliphatic rings. The van der Waals surface area contributed by atoms with E-state index in [0.29, 0.717) is 6.54 Å². The molecule has 1 N–H and O–H groups in total. The Balaban J connectivity index is 2.17. The highest BCUT2D eigenvalue weighted by Crippen LogP contribution is 1.98. The van der Waals surface area contributed by atoms with Crippen LogP contribution in [-0.4, -0.2) is 18.3 Å². The molecule has 0 spiro atoms. The van der Waals surface area contributed by atoms with E-state index in [2.05, 4.69) is 5.43 Å². The lowest BCUT2D eigenvalue weighted by atomic mass is 10.2. The van der Waals surface area contributed by atoms with Crippen molar-refractivity contribution in [1.82, 2.24) is 10.6 Å². The standard InChI is InChI=1S/C5H11N2O/c8-7-5-3-1-2-4-6-7/h6H,1-5H2. The molecule has 0 aromatic carbocycles. The molecule has 0 aliphatic carbocycles. The highest BCUT2D eigenvalue weighted by molar-refractivity contribution is 4.50. The van der Waals surface area contributed by atoms with Gasteiger partial charge in [0.05, 0.1) is 0 Å². The summed E-state index contributed by atoms with van der Waals surface area (Å²) in [6, 6.07) is 0. The van der Waals surface area contributed by atoms with Crippen molar-refractivity contribution >= 4 is 0 Å². The molecule has 0 unspecified atom stereocenters. The van der Waals surface area contributed by atoms with Crippen molar-refractivity contribution in [1.29, 1.82) is 0 Å². The first-order valence-electron chi connectivity index (χ1n) is 3.08. The highest BCUT2D eigenvalue weighted by atomic mass is 16.5. The summed E-state index contributed by atoms with van der Waals surface area (Å²) in [5.74, 6) is 0. The van der Waals surface area contributed by atoms with Gasteiger partial charge in [0.1, 0.15) is 0 Å². The summed E-state index contributed by atoms with van der Waals surface area (Å²) in [6.07, 6.45) is 3.36. The summed E-state index contributed by atoms with van der Waals surface area (Å²) in [7, 11) is 0. The van der Waals surface area contributed by atoms with E-state index >= 15 is 0 Å². The number of hydrogen-bond donors (Lipinski definition) is 1. The molecule has 0 atom stereocenters. The number of rotatable bonds is 0. The van der Waals surface area contributed by atoms with Crippen molar-refractivity contribution in [3.05, 3.63) is 0 Å². The third-order valence-corrected chi connectivity index (χ3v) is 1.33. The minimum atomic E-state index is 0.653. The minimum Gasteiger partial charge on any atom is -0.229 e. The van der Waals surface area contributed by atoms with Gasteiger partial charge in [-0.05, 0) is 12.8 Å². The first-order chi connectivity index (χ1) is 3.89. The normalized spacial score (nSPS) is 25.1. The van der Waals surface area contributed by atoms with Crippen molar-refractivity contribution in [2.24, 2.45) is 0 Å². The molecule has 1 radical (unpaired) electrons. The van der Waals surface area contributed by atoms with Gasteiger partial charge >= 0.3 is 0 Å². The molecule has 0 bridgehead atoms. The fraction of sp³-hybridized carbons (Fsp3) is 1.00. The van der Waals surface area contributed by atoms with Crippen LogP contribution in [0.15, 0.2) is 0 Å². The molecule has 1 aliphatic heterocycles. The van der Waals surface area contributed by atoms with Crippen molar-refractivity contribution in [2.75, 3.05) is 13.1 Å². The molecular formula is C5H11N2O. The van der Waals surface area contributed by atoms with Crippen LogP contribution in [-0.2, 0) is 5.21 Å². The number of hydroxylamine groups is 1. The smallest absolute Gasteiger partial charge is 0.0433 e. The third-order valence-electron chi connectivity index (χ3n) is 1.33. The average Bonchev–Trinajstić information content (AvgIpc) is 1.94. The van der Waals surface area contributed by atoms with Gasteiger partial charge < -0.3 is 0 Å². The van der Waals surface area contributed by atoms with Crippen LogP contribution < -0.4 is 5.43 Å². The van der Waals surface area contributed by atoms with E-state index in [-0.39, 0.29) is 0 Å². The van der Waals surface area contributed by atoms with Gasteiger partial charge in [0, 0.05) is 13.1 Å². The number of nitrogens with zero attached hydrogens (tertiary/aromatic N) is 1. The van der Waals surface area contributed by atoms with E-state index in [1.165, 1.54) is 6.42 Å². The van der Waals surface area contributed by atoms with E-state index < -0.39 is 0 Å². The zero-order chi connectivity index (χ0) is 5.82.